The van der Waals surface area contributed by atoms with E-state index in [1.54, 1.807) is 18.0 Å². The fourth-order valence-electron chi connectivity index (χ4n) is 4.37. The summed E-state index contributed by atoms with van der Waals surface area (Å²) in [4.78, 5) is 15.2. The Labute approximate surface area is 221 Å². The van der Waals surface area contributed by atoms with Gasteiger partial charge in [-0.3, -0.25) is 9.80 Å². The predicted molar refractivity (Wildman–Crippen MR) is 137 cm³/mol. The van der Waals surface area contributed by atoms with Gasteiger partial charge in [-0.05, 0) is 67.3 Å². The Morgan fingerprint density at radius 1 is 1.18 bits per heavy atom. The maximum Gasteiger partial charge on any atom is 0.490 e. The van der Waals surface area contributed by atoms with E-state index in [1.165, 1.54) is 12.1 Å². The van der Waals surface area contributed by atoms with Crippen LogP contribution in [0.5, 0.6) is 5.75 Å². The molecule has 1 aliphatic heterocycles. The van der Waals surface area contributed by atoms with Crippen LogP contribution < -0.4 is 10.1 Å². The minimum Gasteiger partial charge on any atom is -0.493 e. The molecule has 210 valence electrons. The van der Waals surface area contributed by atoms with E-state index in [1.807, 2.05) is 31.2 Å². The quantitative estimate of drug-likeness (QED) is 0.239. The number of benzene rings is 2. The van der Waals surface area contributed by atoms with Crippen LogP contribution in [-0.4, -0.2) is 61.1 Å². The third-order valence-corrected chi connectivity index (χ3v) is 6.60. The average Bonchev–Trinajstić information content (AvgIpc) is 2.85. The molecule has 0 aliphatic carbocycles. The van der Waals surface area contributed by atoms with Crippen molar-refractivity contribution in [3.8, 4) is 5.75 Å². The number of nitrogens with zero attached hydrogens (tertiary/aromatic N) is 2. The van der Waals surface area contributed by atoms with E-state index in [0.717, 1.165) is 22.4 Å². The Balaban J connectivity index is 1.68. The number of halogens is 4. The van der Waals surface area contributed by atoms with E-state index in [9.17, 15) is 22.4 Å². The maximum absolute atomic E-state index is 13.7. The van der Waals surface area contributed by atoms with Gasteiger partial charge in [0.05, 0.1) is 6.61 Å². The highest BCUT2D eigenvalue weighted by Gasteiger charge is 2.44. The normalized spacial score (nSPS) is 18.7. The summed E-state index contributed by atoms with van der Waals surface area (Å²) in [5, 5.41) is 3.42. The number of likely N-dealkylation sites (tertiary alicyclic amines) is 1. The monoisotopic (exact) mass is 539 g/mol. The van der Waals surface area contributed by atoms with Crippen LogP contribution in [0.25, 0.3) is 0 Å². The Morgan fingerprint density at radius 3 is 2.53 bits per heavy atom. The molecule has 0 radical (unpaired) electrons. The first-order valence-corrected chi connectivity index (χ1v) is 12.8. The van der Waals surface area contributed by atoms with Crippen LogP contribution in [0, 0.1) is 18.7 Å². The number of aryl methyl sites for hydroxylation is 1. The lowest BCUT2D eigenvalue weighted by atomic mass is 10.0. The molecule has 2 unspecified atom stereocenters. The molecule has 2 atom stereocenters. The molecule has 0 saturated carbocycles. The molecule has 38 heavy (non-hydrogen) atoms. The Hall–Kier alpha value is -2.69. The number of alkyl halides is 3. The lowest BCUT2D eigenvalue weighted by Crippen LogP contribution is -2.52. The van der Waals surface area contributed by atoms with Crippen molar-refractivity contribution in [2.24, 2.45) is 5.92 Å². The molecular weight excluding hydrogens is 502 g/mol. The van der Waals surface area contributed by atoms with Gasteiger partial charge in [-0.15, -0.1) is 0 Å². The van der Waals surface area contributed by atoms with Gasteiger partial charge in [0, 0.05) is 38.8 Å². The zero-order valence-corrected chi connectivity index (χ0v) is 22.4. The molecule has 0 amide bonds. The second-order valence-electron chi connectivity index (χ2n) is 10.3. The summed E-state index contributed by atoms with van der Waals surface area (Å²) >= 11 is 0. The van der Waals surface area contributed by atoms with Gasteiger partial charge in [0.15, 0.2) is 6.23 Å². The smallest absolute Gasteiger partial charge is 0.490 e. The van der Waals surface area contributed by atoms with Crippen molar-refractivity contribution in [3.63, 3.8) is 0 Å². The van der Waals surface area contributed by atoms with Gasteiger partial charge < -0.3 is 14.8 Å². The summed E-state index contributed by atoms with van der Waals surface area (Å²) in [7, 11) is 1.64. The maximum atomic E-state index is 13.7. The van der Waals surface area contributed by atoms with Crippen molar-refractivity contribution in [2.75, 3.05) is 26.9 Å². The van der Waals surface area contributed by atoms with E-state index >= 15 is 0 Å². The predicted octanol–water partition coefficient (Wildman–Crippen LogP) is 5.24. The number of esters is 1. The molecule has 0 aromatic heterocycles. The molecule has 0 spiro atoms. The van der Waals surface area contributed by atoms with Crippen molar-refractivity contribution < 1.29 is 31.8 Å². The second-order valence-corrected chi connectivity index (χ2v) is 10.3. The van der Waals surface area contributed by atoms with E-state index < -0.39 is 18.4 Å². The Kier molecular flexibility index (Phi) is 10.5. The molecule has 1 heterocycles. The largest absolute Gasteiger partial charge is 0.493 e. The fourth-order valence-corrected chi connectivity index (χ4v) is 4.37. The van der Waals surface area contributed by atoms with Crippen LogP contribution in [-0.2, 0) is 22.6 Å². The number of carbonyl (C=O) groups excluding carboxylic acids is 1. The summed E-state index contributed by atoms with van der Waals surface area (Å²) in [6.07, 6.45) is -5.13. The minimum absolute atomic E-state index is 0.152. The molecule has 6 nitrogen and oxygen atoms in total. The zero-order chi connectivity index (χ0) is 27.9. The first-order chi connectivity index (χ1) is 17.9. The van der Waals surface area contributed by atoms with Crippen molar-refractivity contribution in [1.29, 1.82) is 0 Å². The van der Waals surface area contributed by atoms with Crippen LogP contribution >= 0.6 is 0 Å². The SMILES string of the molecule is Cc1cc(F)ccc1CN(CNCc1ccc(OCC(C)C)cc1)C1CCN(C)C(OC(=O)C(F)(F)F)C1. The standard InChI is InChI=1S/C28H37F4N3O3/c1-19(2)17-37-25-9-5-21(6-10-25)15-33-18-35(16-22-7-8-23(29)13-20(22)3)24-11-12-34(4)26(14-24)38-27(36)28(30,31)32/h5-10,13,19,24,26,33H,11-12,14-18H2,1-4H3. The molecule has 1 aliphatic rings. The molecule has 2 aromatic rings. The second kappa shape index (κ2) is 13.4. The molecule has 2 aromatic carbocycles. The van der Waals surface area contributed by atoms with Gasteiger partial charge in [-0.1, -0.05) is 32.0 Å². The van der Waals surface area contributed by atoms with Crippen molar-refractivity contribution in [1.82, 2.24) is 15.1 Å². The Bertz CT molecular complexity index is 1050. The van der Waals surface area contributed by atoms with E-state index in [2.05, 4.69) is 24.1 Å². The van der Waals surface area contributed by atoms with E-state index in [4.69, 9.17) is 9.47 Å². The summed E-state index contributed by atoms with van der Waals surface area (Å²) < 4.78 is 62.7. The average molecular weight is 540 g/mol. The van der Waals surface area contributed by atoms with Crippen LogP contribution in [0.4, 0.5) is 17.6 Å². The van der Waals surface area contributed by atoms with Crippen LogP contribution in [0.2, 0.25) is 0 Å². The third kappa shape index (κ3) is 8.96. The van der Waals surface area contributed by atoms with Crippen molar-refractivity contribution in [3.05, 3.63) is 65.0 Å². The van der Waals surface area contributed by atoms with Gasteiger partial charge >= 0.3 is 12.1 Å². The molecule has 10 heteroatoms. The number of ether oxygens (including phenoxy) is 2. The molecule has 0 bridgehead atoms. The fraction of sp³-hybridized carbons (Fsp3) is 0.536. The van der Waals surface area contributed by atoms with Gasteiger partial charge in [-0.2, -0.15) is 13.2 Å². The first-order valence-electron chi connectivity index (χ1n) is 12.8. The van der Waals surface area contributed by atoms with Crippen molar-refractivity contribution >= 4 is 5.97 Å². The number of rotatable bonds is 11. The molecule has 3 rings (SSSR count). The lowest BCUT2D eigenvalue weighted by molar-refractivity contribution is -0.215. The zero-order valence-electron chi connectivity index (χ0n) is 22.4. The van der Waals surface area contributed by atoms with Gasteiger partial charge in [0.25, 0.3) is 0 Å². The first kappa shape index (κ1) is 29.9. The van der Waals surface area contributed by atoms with Crippen molar-refractivity contribution in [2.45, 2.75) is 65.1 Å². The summed E-state index contributed by atoms with van der Waals surface area (Å²) in [5.41, 5.74) is 2.77. The molecule has 1 fully saturated rings. The Morgan fingerprint density at radius 2 is 1.89 bits per heavy atom. The highest BCUT2D eigenvalue weighted by Crippen LogP contribution is 2.26. The number of hydrogen-bond acceptors (Lipinski definition) is 6. The van der Waals surface area contributed by atoms with Crippen LogP contribution in [0.15, 0.2) is 42.5 Å². The summed E-state index contributed by atoms with van der Waals surface area (Å²) in [5.74, 6) is -1.27. The minimum atomic E-state index is -5.05. The number of piperidine rings is 1. The molecular formula is C28H37F4N3O3. The number of nitrogens with one attached hydrogen (secondary N) is 1. The number of hydrogen-bond donors (Lipinski definition) is 1. The van der Waals surface area contributed by atoms with Crippen LogP contribution in [0.1, 0.15) is 43.4 Å². The van der Waals surface area contributed by atoms with Gasteiger partial charge in [0.1, 0.15) is 11.6 Å². The van der Waals surface area contributed by atoms with Gasteiger partial charge in [-0.25, -0.2) is 9.18 Å². The third-order valence-electron chi connectivity index (χ3n) is 6.60. The highest BCUT2D eigenvalue weighted by atomic mass is 19.4. The van der Waals surface area contributed by atoms with Gasteiger partial charge in [0.2, 0.25) is 0 Å². The molecule has 1 saturated heterocycles. The van der Waals surface area contributed by atoms with Crippen LogP contribution in [0.3, 0.4) is 0 Å². The summed E-state index contributed by atoms with van der Waals surface area (Å²) in [6, 6.07) is 12.3. The topological polar surface area (TPSA) is 54.0 Å². The molecule has 1 N–H and O–H groups in total. The lowest BCUT2D eigenvalue weighted by Gasteiger charge is -2.41. The van der Waals surface area contributed by atoms with E-state index in [0.29, 0.717) is 45.2 Å². The number of carbonyl (C=O) groups is 1. The highest BCUT2D eigenvalue weighted by molar-refractivity contribution is 5.75. The van der Waals surface area contributed by atoms with E-state index in [-0.39, 0.29) is 18.3 Å². The summed E-state index contributed by atoms with van der Waals surface area (Å²) in [6.45, 7) is 8.60.